The molecule has 0 saturated heterocycles. The molecular weight excluding hydrogens is 226 g/mol. The van der Waals surface area contributed by atoms with Gasteiger partial charge in [0.25, 0.3) is 0 Å². The lowest BCUT2D eigenvalue weighted by Gasteiger charge is -2.26. The summed E-state index contributed by atoms with van der Waals surface area (Å²) in [5.74, 6) is 0.651. The molecule has 1 atom stereocenters. The Kier molecular flexibility index (Phi) is 3.60. The van der Waals surface area contributed by atoms with Crippen molar-refractivity contribution in [3.05, 3.63) is 0 Å². The van der Waals surface area contributed by atoms with E-state index in [2.05, 4.69) is 5.32 Å². The van der Waals surface area contributed by atoms with Crippen LogP contribution in [0.1, 0.15) is 57.8 Å². The number of ether oxygens (including phenoxy) is 1. The Hall–Kier alpha value is -0.570. The summed E-state index contributed by atoms with van der Waals surface area (Å²) in [6.45, 7) is 1.60. The Labute approximate surface area is 110 Å². The molecule has 0 aliphatic heterocycles. The molecule has 3 saturated carbocycles. The summed E-state index contributed by atoms with van der Waals surface area (Å²) in [7, 11) is 0. The smallest absolute Gasteiger partial charge is 0.223 e. The Morgan fingerprint density at radius 2 is 2.00 bits per heavy atom. The first kappa shape index (κ1) is 12.5. The van der Waals surface area contributed by atoms with Crippen molar-refractivity contribution < 1.29 is 9.53 Å². The van der Waals surface area contributed by atoms with E-state index < -0.39 is 0 Å². The predicted molar refractivity (Wildman–Crippen MR) is 70.2 cm³/mol. The highest BCUT2D eigenvalue weighted by molar-refractivity contribution is 5.82. The van der Waals surface area contributed by atoms with Gasteiger partial charge in [-0.3, -0.25) is 4.79 Å². The van der Waals surface area contributed by atoms with Crippen LogP contribution in [0.3, 0.4) is 0 Å². The third-order valence-corrected chi connectivity index (χ3v) is 5.13. The van der Waals surface area contributed by atoms with Crippen molar-refractivity contribution in [3.63, 3.8) is 0 Å². The number of hydrogen-bond acceptors (Lipinski definition) is 2. The zero-order valence-electron chi connectivity index (χ0n) is 11.2. The fourth-order valence-electron chi connectivity index (χ4n) is 3.61. The van der Waals surface area contributed by atoms with Gasteiger partial charge in [0.2, 0.25) is 5.91 Å². The summed E-state index contributed by atoms with van der Waals surface area (Å²) in [6, 6.07) is 0. The van der Waals surface area contributed by atoms with Gasteiger partial charge < -0.3 is 10.1 Å². The molecule has 102 valence electrons. The highest BCUT2D eigenvalue weighted by Crippen LogP contribution is 2.65. The number of nitrogens with one attached hydrogen (secondary N) is 1. The summed E-state index contributed by atoms with van der Waals surface area (Å²) in [5, 5.41) is 3.07. The van der Waals surface area contributed by atoms with Gasteiger partial charge >= 0.3 is 0 Å². The van der Waals surface area contributed by atoms with E-state index in [0.29, 0.717) is 23.3 Å². The van der Waals surface area contributed by atoms with Gasteiger partial charge in [-0.2, -0.15) is 0 Å². The van der Waals surface area contributed by atoms with Crippen LogP contribution >= 0.6 is 0 Å². The molecule has 18 heavy (non-hydrogen) atoms. The quantitative estimate of drug-likeness (QED) is 0.737. The van der Waals surface area contributed by atoms with E-state index in [9.17, 15) is 4.79 Å². The van der Waals surface area contributed by atoms with Crippen molar-refractivity contribution in [1.29, 1.82) is 0 Å². The van der Waals surface area contributed by atoms with Gasteiger partial charge in [-0.1, -0.05) is 19.3 Å². The molecule has 3 aliphatic carbocycles. The summed E-state index contributed by atoms with van der Waals surface area (Å²) in [6.07, 6.45) is 11.6. The molecule has 3 nitrogen and oxygen atoms in total. The van der Waals surface area contributed by atoms with Crippen LogP contribution in [-0.2, 0) is 9.53 Å². The van der Waals surface area contributed by atoms with Crippen molar-refractivity contribution in [3.8, 4) is 0 Å². The first-order valence-corrected chi connectivity index (χ1v) is 7.69. The molecule has 0 unspecified atom stereocenters. The van der Waals surface area contributed by atoms with E-state index >= 15 is 0 Å². The average Bonchev–Trinajstić information content (AvgIpc) is 2.91. The molecule has 0 aromatic heterocycles. The minimum Gasteiger partial charge on any atom is -0.378 e. The fourth-order valence-corrected chi connectivity index (χ4v) is 3.61. The van der Waals surface area contributed by atoms with E-state index in [0.717, 1.165) is 26.0 Å². The Morgan fingerprint density at radius 3 is 2.61 bits per heavy atom. The molecule has 3 rings (SSSR count). The van der Waals surface area contributed by atoms with E-state index in [1.807, 2.05) is 0 Å². The molecular formula is C15H25NO2. The molecule has 0 radical (unpaired) electrons. The number of rotatable bonds is 6. The lowest BCUT2D eigenvalue weighted by Crippen LogP contribution is -2.30. The van der Waals surface area contributed by atoms with Crippen molar-refractivity contribution >= 4 is 5.91 Å². The first-order valence-electron chi connectivity index (χ1n) is 7.69. The monoisotopic (exact) mass is 251 g/mol. The highest BCUT2D eigenvalue weighted by atomic mass is 16.5. The molecule has 3 aliphatic rings. The molecule has 1 amide bonds. The van der Waals surface area contributed by atoms with Gasteiger partial charge in [0.15, 0.2) is 0 Å². The molecule has 3 heteroatoms. The van der Waals surface area contributed by atoms with E-state index in [4.69, 9.17) is 4.74 Å². The Bertz CT molecular complexity index is 306. The molecule has 0 bridgehead atoms. The van der Waals surface area contributed by atoms with Crippen LogP contribution in [0.5, 0.6) is 0 Å². The average molecular weight is 251 g/mol. The van der Waals surface area contributed by atoms with Gasteiger partial charge in [0.05, 0.1) is 6.10 Å². The molecule has 1 spiro atoms. The minimum atomic E-state index is 0.301. The number of hydrogen-bond donors (Lipinski definition) is 1. The van der Waals surface area contributed by atoms with Crippen LogP contribution in [-0.4, -0.2) is 25.2 Å². The lowest BCUT2D eigenvalue weighted by atomic mass is 9.80. The van der Waals surface area contributed by atoms with E-state index in [1.54, 1.807) is 0 Å². The van der Waals surface area contributed by atoms with Crippen LogP contribution < -0.4 is 5.32 Å². The van der Waals surface area contributed by atoms with Crippen LogP contribution in [0.2, 0.25) is 0 Å². The highest BCUT2D eigenvalue weighted by Gasteiger charge is 2.60. The van der Waals surface area contributed by atoms with Gasteiger partial charge in [0, 0.05) is 19.1 Å². The molecule has 3 fully saturated rings. The van der Waals surface area contributed by atoms with Crippen LogP contribution in [0.4, 0.5) is 0 Å². The molecule has 0 aromatic rings. The SMILES string of the molecule is O=C(NCCCOC1CCCC1)[C@H]1CC12CCC2. The van der Waals surface area contributed by atoms with Gasteiger partial charge in [0.1, 0.15) is 0 Å². The Balaban J connectivity index is 1.23. The van der Waals surface area contributed by atoms with E-state index in [1.165, 1.54) is 44.9 Å². The van der Waals surface area contributed by atoms with Crippen molar-refractivity contribution in [2.45, 2.75) is 63.9 Å². The normalized spacial score (nSPS) is 29.2. The summed E-state index contributed by atoms with van der Waals surface area (Å²) < 4.78 is 5.78. The van der Waals surface area contributed by atoms with Crippen molar-refractivity contribution in [1.82, 2.24) is 5.32 Å². The molecule has 0 heterocycles. The van der Waals surface area contributed by atoms with E-state index in [-0.39, 0.29) is 0 Å². The zero-order chi connectivity index (χ0) is 12.4. The lowest BCUT2D eigenvalue weighted by molar-refractivity contribution is -0.123. The van der Waals surface area contributed by atoms with Crippen LogP contribution in [0.15, 0.2) is 0 Å². The third kappa shape index (κ3) is 2.56. The second-order valence-corrected chi connectivity index (χ2v) is 6.39. The standard InChI is InChI=1S/C15H25NO2/c17-14(13-11-15(13)7-3-8-15)16-9-4-10-18-12-5-1-2-6-12/h12-13H,1-11H2,(H,16,17)/t13-/m1/s1. The van der Waals surface area contributed by atoms with Gasteiger partial charge in [-0.05, 0) is 43.9 Å². The number of carbonyl (C=O) groups is 1. The van der Waals surface area contributed by atoms with Crippen molar-refractivity contribution in [2.75, 3.05) is 13.2 Å². The maximum absolute atomic E-state index is 11.9. The maximum Gasteiger partial charge on any atom is 0.223 e. The fraction of sp³-hybridized carbons (Fsp3) is 0.933. The zero-order valence-corrected chi connectivity index (χ0v) is 11.2. The minimum absolute atomic E-state index is 0.301. The third-order valence-electron chi connectivity index (χ3n) is 5.13. The second kappa shape index (κ2) is 5.20. The molecule has 0 aromatic carbocycles. The summed E-state index contributed by atoms with van der Waals surface area (Å²) >= 11 is 0. The van der Waals surface area contributed by atoms with Crippen molar-refractivity contribution in [2.24, 2.45) is 11.3 Å². The van der Waals surface area contributed by atoms with Gasteiger partial charge in [-0.15, -0.1) is 0 Å². The number of amides is 1. The summed E-state index contributed by atoms with van der Waals surface area (Å²) in [4.78, 5) is 11.9. The largest absolute Gasteiger partial charge is 0.378 e. The van der Waals surface area contributed by atoms with Gasteiger partial charge in [-0.25, -0.2) is 0 Å². The predicted octanol–water partition coefficient (Wildman–Crippen LogP) is 2.64. The Morgan fingerprint density at radius 1 is 1.22 bits per heavy atom. The topological polar surface area (TPSA) is 38.3 Å². The summed E-state index contributed by atoms with van der Waals surface area (Å²) in [5.41, 5.74) is 0.463. The second-order valence-electron chi connectivity index (χ2n) is 6.39. The first-order chi connectivity index (χ1) is 8.80. The molecule has 1 N–H and O–H groups in total. The number of carbonyl (C=O) groups excluding carboxylic acids is 1. The maximum atomic E-state index is 11.9. The van der Waals surface area contributed by atoms with Crippen LogP contribution in [0.25, 0.3) is 0 Å². The van der Waals surface area contributed by atoms with Crippen LogP contribution in [0, 0.1) is 11.3 Å².